The summed E-state index contributed by atoms with van der Waals surface area (Å²) < 4.78 is 15.9. The van der Waals surface area contributed by atoms with E-state index < -0.39 is 5.41 Å². The summed E-state index contributed by atoms with van der Waals surface area (Å²) >= 11 is 0. The average molecular weight is 705 g/mol. The minimum atomic E-state index is -0.560. The monoisotopic (exact) mass is 704 g/mol. The van der Waals surface area contributed by atoms with Crippen LogP contribution in [0, 0.1) is 0 Å². The van der Waals surface area contributed by atoms with E-state index in [1.54, 1.807) is 0 Å². The topological polar surface area (TPSA) is 30.5 Å². The summed E-state index contributed by atoms with van der Waals surface area (Å²) in [4.78, 5) is 2.33. The summed E-state index contributed by atoms with van der Waals surface area (Å²) in [5.41, 5.74) is 14.9. The third-order valence-corrected chi connectivity index (χ3v) is 11.6. The van der Waals surface area contributed by atoms with Crippen LogP contribution in [0.5, 0.6) is 11.5 Å². The van der Waals surface area contributed by atoms with Crippen molar-refractivity contribution in [3.8, 4) is 28.3 Å². The molecule has 258 valence electrons. The molecule has 0 saturated heterocycles. The van der Waals surface area contributed by atoms with Gasteiger partial charge in [0.05, 0.1) is 10.9 Å². The van der Waals surface area contributed by atoms with Gasteiger partial charge in [-0.2, -0.15) is 0 Å². The molecule has 0 unspecified atom stereocenters. The van der Waals surface area contributed by atoms with Crippen molar-refractivity contribution in [2.24, 2.45) is 0 Å². The Morgan fingerprint density at radius 2 is 1.04 bits per heavy atom. The number of benzene rings is 8. The second kappa shape index (κ2) is 11.3. The maximum atomic E-state index is 6.85. The lowest BCUT2D eigenvalue weighted by Gasteiger charge is -2.40. The molecular weight excluding hydrogens is 673 g/mol. The molecule has 0 saturated carbocycles. The number of hydrogen-bond donors (Lipinski definition) is 0. The molecule has 4 nitrogen and oxygen atoms in total. The predicted molar refractivity (Wildman–Crippen MR) is 223 cm³/mol. The number of fused-ring (bicyclic) bond motifs is 14. The van der Waals surface area contributed by atoms with Crippen molar-refractivity contribution in [1.82, 2.24) is 4.57 Å². The zero-order valence-corrected chi connectivity index (χ0v) is 29.7. The Balaban J connectivity index is 1.10. The number of aromatic nitrogens is 1. The Kier molecular flexibility index (Phi) is 6.23. The molecule has 3 heterocycles. The Morgan fingerprint density at radius 3 is 1.82 bits per heavy atom. The van der Waals surface area contributed by atoms with Gasteiger partial charge in [0.1, 0.15) is 22.6 Å². The maximum Gasteiger partial charge on any atom is 0.161 e. The molecule has 12 rings (SSSR count). The zero-order chi connectivity index (χ0) is 36.1. The first-order valence-electron chi connectivity index (χ1n) is 18.8. The predicted octanol–water partition coefficient (Wildman–Crippen LogP) is 13.5. The first-order chi connectivity index (χ1) is 27.3. The van der Waals surface area contributed by atoms with E-state index in [0.717, 1.165) is 78.3 Å². The van der Waals surface area contributed by atoms with Crippen LogP contribution in [0.25, 0.3) is 49.8 Å². The molecule has 2 aliphatic rings. The fourth-order valence-corrected chi connectivity index (χ4v) is 9.45. The second-order valence-electron chi connectivity index (χ2n) is 14.4. The van der Waals surface area contributed by atoms with E-state index in [-0.39, 0.29) is 0 Å². The molecule has 2 aromatic heterocycles. The van der Waals surface area contributed by atoms with E-state index in [0.29, 0.717) is 0 Å². The number of rotatable bonds is 4. The Hall–Kier alpha value is -7.30. The van der Waals surface area contributed by atoms with E-state index in [1.807, 2.05) is 0 Å². The summed E-state index contributed by atoms with van der Waals surface area (Å²) in [5.74, 6) is 1.75. The lowest BCUT2D eigenvalue weighted by atomic mass is 9.66. The molecule has 1 spiro atoms. The Labute approximate surface area is 317 Å². The van der Waals surface area contributed by atoms with Crippen LogP contribution in [0.1, 0.15) is 22.3 Å². The third-order valence-electron chi connectivity index (χ3n) is 11.6. The molecule has 0 N–H and O–H groups in total. The van der Waals surface area contributed by atoms with Crippen molar-refractivity contribution in [2.45, 2.75) is 5.41 Å². The van der Waals surface area contributed by atoms with Gasteiger partial charge in [-0.3, -0.25) is 0 Å². The van der Waals surface area contributed by atoms with Gasteiger partial charge in [0.25, 0.3) is 0 Å². The first-order valence-corrected chi connectivity index (χ1v) is 18.8. The van der Waals surface area contributed by atoms with Crippen molar-refractivity contribution in [1.29, 1.82) is 0 Å². The third kappa shape index (κ3) is 4.11. The van der Waals surface area contributed by atoms with E-state index >= 15 is 0 Å². The molecule has 10 aromatic rings. The lowest BCUT2D eigenvalue weighted by Crippen LogP contribution is -2.32. The highest BCUT2D eigenvalue weighted by molar-refractivity contribution is 6.17. The zero-order valence-electron chi connectivity index (χ0n) is 29.7. The number of hydrogen-bond acceptors (Lipinski definition) is 3. The number of anilines is 3. The van der Waals surface area contributed by atoms with Gasteiger partial charge in [-0.1, -0.05) is 115 Å². The molecular formula is C51H32N2O2. The van der Waals surface area contributed by atoms with Gasteiger partial charge in [-0.05, 0) is 95.1 Å². The minimum absolute atomic E-state index is 0.560. The molecule has 0 radical (unpaired) electrons. The number of furan rings is 1. The van der Waals surface area contributed by atoms with Crippen molar-refractivity contribution in [3.63, 3.8) is 0 Å². The van der Waals surface area contributed by atoms with Crippen LogP contribution in [-0.2, 0) is 5.41 Å². The van der Waals surface area contributed by atoms with Crippen LogP contribution < -0.4 is 9.64 Å². The molecule has 0 amide bonds. The lowest BCUT2D eigenvalue weighted by molar-refractivity contribution is 0.436. The summed E-state index contributed by atoms with van der Waals surface area (Å²) in [6.07, 6.45) is 0. The van der Waals surface area contributed by atoms with Gasteiger partial charge >= 0.3 is 0 Å². The van der Waals surface area contributed by atoms with E-state index in [4.69, 9.17) is 9.15 Å². The molecule has 0 bridgehead atoms. The Bertz CT molecular complexity index is 3090. The normalized spacial score (nSPS) is 13.4. The molecule has 1 aliphatic heterocycles. The van der Waals surface area contributed by atoms with E-state index in [2.05, 4.69) is 204 Å². The molecule has 0 fully saturated rings. The van der Waals surface area contributed by atoms with Gasteiger partial charge in [0.15, 0.2) is 5.58 Å². The van der Waals surface area contributed by atoms with Crippen LogP contribution in [0.2, 0.25) is 0 Å². The summed E-state index contributed by atoms with van der Waals surface area (Å²) in [6, 6.07) is 69.2. The second-order valence-corrected chi connectivity index (χ2v) is 14.4. The number of nitrogens with zero attached hydrogens (tertiary/aromatic N) is 2. The number of para-hydroxylation sites is 4. The standard InChI is InChI=1S/C51H32N2O2/c1-3-15-33(16-4-1)52(36-27-29-40-48(32-36)55-50-39-21-9-13-25-45(39)53(49(40)50)34-17-5-2-6-18-34)35-28-30-47-44(31-35)51(43-24-12-14-26-46(43)54-47)41-22-10-7-19-37(41)38-20-8-11-23-42(38)51/h1-32H. The highest BCUT2D eigenvalue weighted by atomic mass is 16.5. The van der Waals surface area contributed by atoms with Crippen LogP contribution in [-0.4, -0.2) is 4.57 Å². The molecule has 0 atom stereocenters. The number of ether oxygens (including phenoxy) is 1. The van der Waals surface area contributed by atoms with Gasteiger partial charge in [0, 0.05) is 50.7 Å². The van der Waals surface area contributed by atoms with Crippen molar-refractivity contribution in [3.05, 3.63) is 216 Å². The average Bonchev–Trinajstić information content (AvgIpc) is 3.88. The van der Waals surface area contributed by atoms with E-state index in [9.17, 15) is 0 Å². The highest BCUT2D eigenvalue weighted by Crippen LogP contribution is 2.62. The fourth-order valence-electron chi connectivity index (χ4n) is 9.45. The van der Waals surface area contributed by atoms with Gasteiger partial charge in [-0.15, -0.1) is 0 Å². The summed E-state index contributed by atoms with van der Waals surface area (Å²) in [6.45, 7) is 0. The molecule has 55 heavy (non-hydrogen) atoms. The summed E-state index contributed by atoms with van der Waals surface area (Å²) in [5, 5.41) is 2.16. The van der Waals surface area contributed by atoms with Gasteiger partial charge < -0.3 is 18.6 Å². The van der Waals surface area contributed by atoms with Crippen LogP contribution >= 0.6 is 0 Å². The SMILES string of the molecule is c1ccc(N(c2ccc3c(c2)C2(c4ccccc4O3)c3ccccc3-c3ccccc32)c2ccc3c(c2)oc2c4ccccc4n(-c4ccccc4)c32)cc1. The van der Waals surface area contributed by atoms with Crippen LogP contribution in [0.15, 0.2) is 199 Å². The Morgan fingerprint density at radius 1 is 0.436 bits per heavy atom. The molecule has 4 heteroatoms. The highest BCUT2D eigenvalue weighted by Gasteiger charge is 2.51. The van der Waals surface area contributed by atoms with Crippen molar-refractivity contribution in [2.75, 3.05) is 4.90 Å². The molecule has 8 aromatic carbocycles. The quantitative estimate of drug-likeness (QED) is 0.183. The van der Waals surface area contributed by atoms with Gasteiger partial charge in [0.2, 0.25) is 0 Å². The fraction of sp³-hybridized carbons (Fsp3) is 0.0196. The van der Waals surface area contributed by atoms with Crippen LogP contribution in [0.3, 0.4) is 0 Å². The van der Waals surface area contributed by atoms with Crippen molar-refractivity contribution < 1.29 is 9.15 Å². The smallest absolute Gasteiger partial charge is 0.161 e. The van der Waals surface area contributed by atoms with Crippen LogP contribution in [0.4, 0.5) is 17.1 Å². The largest absolute Gasteiger partial charge is 0.457 e. The van der Waals surface area contributed by atoms with Gasteiger partial charge in [-0.25, -0.2) is 0 Å². The minimum Gasteiger partial charge on any atom is -0.457 e. The first kappa shape index (κ1) is 30.2. The van der Waals surface area contributed by atoms with Crippen molar-refractivity contribution >= 4 is 50.0 Å². The maximum absolute atomic E-state index is 6.85. The summed E-state index contributed by atoms with van der Waals surface area (Å²) in [7, 11) is 0. The van der Waals surface area contributed by atoms with E-state index in [1.165, 1.54) is 22.3 Å². The molecule has 1 aliphatic carbocycles.